The van der Waals surface area contributed by atoms with Crippen molar-refractivity contribution in [2.75, 3.05) is 13.1 Å². The van der Waals surface area contributed by atoms with E-state index in [1.54, 1.807) is 13.8 Å². The predicted molar refractivity (Wildman–Crippen MR) is 73.2 cm³/mol. The van der Waals surface area contributed by atoms with Gasteiger partial charge in [-0.15, -0.1) is 0 Å². The van der Waals surface area contributed by atoms with Crippen molar-refractivity contribution in [1.82, 2.24) is 9.88 Å². The van der Waals surface area contributed by atoms with Gasteiger partial charge in [0.25, 0.3) is 11.2 Å². The zero-order chi connectivity index (χ0) is 15.3. The summed E-state index contributed by atoms with van der Waals surface area (Å²) in [6.07, 6.45) is 1.14. The van der Waals surface area contributed by atoms with Crippen molar-refractivity contribution in [3.05, 3.63) is 38.8 Å². The summed E-state index contributed by atoms with van der Waals surface area (Å²) >= 11 is 0. The minimum atomic E-state index is -0.881. The van der Waals surface area contributed by atoms with Gasteiger partial charge in [-0.05, 0) is 13.8 Å². The molecule has 0 aliphatic rings. The Bertz CT molecular complexity index is 565. The summed E-state index contributed by atoms with van der Waals surface area (Å²) in [7, 11) is 0. The third-order valence-corrected chi connectivity index (χ3v) is 2.79. The van der Waals surface area contributed by atoms with Crippen LogP contribution in [0, 0.1) is 15.5 Å². The molecule has 3 N–H and O–H groups in total. The molecule has 1 heterocycles. The van der Waals surface area contributed by atoms with E-state index in [9.17, 15) is 19.7 Å². The molecule has 0 aliphatic heterocycles. The smallest absolute Gasteiger partial charge is 0.285 e. The number of hydrogen-bond donors (Lipinski definition) is 2. The van der Waals surface area contributed by atoms with E-state index in [1.807, 2.05) is 0 Å². The van der Waals surface area contributed by atoms with Gasteiger partial charge in [-0.25, -0.2) is 0 Å². The first-order valence-corrected chi connectivity index (χ1v) is 6.11. The van der Waals surface area contributed by atoms with E-state index in [0.29, 0.717) is 13.1 Å². The minimum absolute atomic E-state index is 0.0456. The summed E-state index contributed by atoms with van der Waals surface area (Å²) in [6.45, 7) is 4.02. The second kappa shape index (κ2) is 6.29. The molecule has 20 heavy (non-hydrogen) atoms. The van der Waals surface area contributed by atoms with Crippen molar-refractivity contribution in [2.24, 2.45) is 11.1 Å². The third-order valence-electron chi connectivity index (χ3n) is 2.79. The van der Waals surface area contributed by atoms with Crippen LogP contribution >= 0.6 is 0 Å². The minimum Gasteiger partial charge on any atom is -0.354 e. The van der Waals surface area contributed by atoms with Crippen LogP contribution in [0.5, 0.6) is 0 Å². The molecule has 110 valence electrons. The Hall–Kier alpha value is -2.22. The lowest BCUT2D eigenvalue weighted by Crippen LogP contribution is -2.43. The maximum Gasteiger partial charge on any atom is 0.285 e. The highest BCUT2D eigenvalue weighted by molar-refractivity contribution is 5.81. The van der Waals surface area contributed by atoms with E-state index < -0.39 is 15.9 Å². The second-order valence-corrected chi connectivity index (χ2v) is 5.04. The summed E-state index contributed by atoms with van der Waals surface area (Å²) in [6, 6.07) is 2.26. The molecule has 8 heteroatoms. The van der Waals surface area contributed by atoms with E-state index in [2.05, 4.69) is 5.32 Å². The fourth-order valence-corrected chi connectivity index (χ4v) is 1.67. The van der Waals surface area contributed by atoms with Crippen LogP contribution in [-0.4, -0.2) is 28.5 Å². The van der Waals surface area contributed by atoms with Crippen molar-refractivity contribution in [3.8, 4) is 0 Å². The van der Waals surface area contributed by atoms with Crippen LogP contribution in [0.25, 0.3) is 0 Å². The Morgan fingerprint density at radius 3 is 2.70 bits per heavy atom. The monoisotopic (exact) mass is 282 g/mol. The molecule has 0 atom stereocenters. The maximum absolute atomic E-state index is 11.9. The van der Waals surface area contributed by atoms with Crippen molar-refractivity contribution < 1.29 is 9.72 Å². The van der Waals surface area contributed by atoms with Crippen LogP contribution in [0.15, 0.2) is 23.1 Å². The second-order valence-electron chi connectivity index (χ2n) is 5.04. The van der Waals surface area contributed by atoms with E-state index in [-0.39, 0.29) is 18.1 Å². The Morgan fingerprint density at radius 2 is 2.15 bits per heavy atom. The van der Waals surface area contributed by atoms with Crippen LogP contribution in [-0.2, 0) is 11.3 Å². The number of amides is 1. The Balaban J connectivity index is 2.96. The number of pyridine rings is 1. The molecule has 0 aliphatic carbocycles. The normalized spacial score (nSPS) is 11.2. The summed E-state index contributed by atoms with van der Waals surface area (Å²) < 4.78 is 1.17. The molecule has 8 nitrogen and oxygen atoms in total. The number of carbonyl (C=O) groups excluding carboxylic acids is 1. The topological polar surface area (TPSA) is 120 Å². The lowest BCUT2D eigenvalue weighted by molar-refractivity contribution is -0.385. The number of nitro groups is 1. The summed E-state index contributed by atoms with van der Waals surface area (Å²) in [4.78, 5) is 33.8. The van der Waals surface area contributed by atoms with Crippen molar-refractivity contribution >= 4 is 11.6 Å². The molecule has 0 bridgehead atoms. The third kappa shape index (κ3) is 3.89. The lowest BCUT2D eigenvalue weighted by atomic mass is 9.92. The molecule has 0 saturated carbocycles. The molecule has 1 aromatic heterocycles. The molecule has 0 radical (unpaired) electrons. The van der Waals surface area contributed by atoms with E-state index >= 15 is 0 Å². The zero-order valence-electron chi connectivity index (χ0n) is 11.5. The van der Waals surface area contributed by atoms with Gasteiger partial charge in [0, 0.05) is 31.8 Å². The first-order chi connectivity index (χ1) is 9.27. The lowest BCUT2D eigenvalue weighted by Gasteiger charge is -2.24. The van der Waals surface area contributed by atoms with Crippen molar-refractivity contribution in [2.45, 2.75) is 20.4 Å². The average Bonchev–Trinajstić information content (AvgIpc) is 2.37. The maximum atomic E-state index is 11.9. The molecular weight excluding hydrogens is 264 g/mol. The van der Waals surface area contributed by atoms with Crippen molar-refractivity contribution in [1.29, 1.82) is 0 Å². The quantitative estimate of drug-likeness (QED) is 0.555. The highest BCUT2D eigenvalue weighted by Gasteiger charge is 2.28. The Labute approximate surface area is 115 Å². The highest BCUT2D eigenvalue weighted by atomic mass is 16.6. The molecule has 0 unspecified atom stereocenters. The summed E-state index contributed by atoms with van der Waals surface area (Å²) in [5, 5.41) is 13.3. The molecule has 1 amide bonds. The van der Waals surface area contributed by atoms with Crippen LogP contribution in [0.2, 0.25) is 0 Å². The van der Waals surface area contributed by atoms with Crippen molar-refractivity contribution in [3.63, 3.8) is 0 Å². The van der Waals surface area contributed by atoms with Gasteiger partial charge >= 0.3 is 0 Å². The molecule has 0 saturated heterocycles. The predicted octanol–water partition coefficient (Wildman–Crippen LogP) is -0.142. The number of nitrogens with zero attached hydrogens (tertiary/aromatic N) is 2. The van der Waals surface area contributed by atoms with Gasteiger partial charge in [-0.1, -0.05) is 0 Å². The largest absolute Gasteiger partial charge is 0.354 e. The van der Waals surface area contributed by atoms with Crippen LogP contribution in [0.1, 0.15) is 13.8 Å². The molecule has 1 rings (SSSR count). The molecular formula is C12H18N4O4. The van der Waals surface area contributed by atoms with E-state index in [0.717, 1.165) is 18.3 Å². The Kier molecular flexibility index (Phi) is 4.98. The molecule has 0 aromatic carbocycles. The van der Waals surface area contributed by atoms with Gasteiger partial charge in [0.2, 0.25) is 5.91 Å². The number of rotatable bonds is 6. The number of hydrogen-bond acceptors (Lipinski definition) is 5. The van der Waals surface area contributed by atoms with Gasteiger partial charge in [-0.3, -0.25) is 19.7 Å². The number of aromatic nitrogens is 1. The number of nitrogens with one attached hydrogen (secondary N) is 1. The van der Waals surface area contributed by atoms with Crippen LogP contribution in [0.4, 0.5) is 5.69 Å². The van der Waals surface area contributed by atoms with E-state index in [1.165, 1.54) is 4.57 Å². The average molecular weight is 282 g/mol. The summed E-state index contributed by atoms with van der Waals surface area (Å²) in [5.41, 5.74) is 3.84. The Morgan fingerprint density at radius 1 is 1.50 bits per heavy atom. The fourth-order valence-electron chi connectivity index (χ4n) is 1.67. The standard InChI is InChI=1S/C12H18N4O4/c1-12(2,11(18)14-6-5-13)8-15-7-9(16(19)20)3-4-10(15)17/h3-4,7H,5-6,8,13H2,1-2H3,(H,14,18). The van der Waals surface area contributed by atoms with Crippen LogP contribution in [0.3, 0.4) is 0 Å². The first kappa shape index (κ1) is 15.8. The molecule has 0 fully saturated rings. The van der Waals surface area contributed by atoms with Gasteiger partial charge in [-0.2, -0.15) is 0 Å². The number of carbonyl (C=O) groups is 1. The molecule has 1 aromatic rings. The molecule has 0 spiro atoms. The highest BCUT2D eigenvalue weighted by Crippen LogP contribution is 2.18. The number of nitrogens with two attached hydrogens (primary N) is 1. The SMILES string of the molecule is CC(C)(Cn1cc([N+](=O)[O-])ccc1=O)C(=O)NCCN. The summed E-state index contributed by atoms with van der Waals surface area (Å²) in [5.74, 6) is -0.263. The fraction of sp³-hybridized carbons (Fsp3) is 0.500. The van der Waals surface area contributed by atoms with Gasteiger partial charge in [0.05, 0.1) is 16.5 Å². The first-order valence-electron chi connectivity index (χ1n) is 6.11. The van der Waals surface area contributed by atoms with Crippen LogP contribution < -0.4 is 16.6 Å². The van der Waals surface area contributed by atoms with Gasteiger partial charge < -0.3 is 15.6 Å². The van der Waals surface area contributed by atoms with Gasteiger partial charge in [0.1, 0.15) is 0 Å². The van der Waals surface area contributed by atoms with E-state index in [4.69, 9.17) is 5.73 Å². The van der Waals surface area contributed by atoms with Gasteiger partial charge in [0.15, 0.2) is 0 Å². The zero-order valence-corrected chi connectivity index (χ0v) is 11.5.